The lowest BCUT2D eigenvalue weighted by molar-refractivity contribution is 0.289. The molecule has 1 atom stereocenters. The first kappa shape index (κ1) is 13.5. The molecule has 1 aliphatic rings. The van der Waals surface area contributed by atoms with Crippen LogP contribution in [0.2, 0.25) is 0 Å². The van der Waals surface area contributed by atoms with Crippen LogP contribution in [0.15, 0.2) is 18.2 Å². The molecule has 1 aromatic carbocycles. The van der Waals surface area contributed by atoms with E-state index in [1.54, 1.807) is 0 Å². The van der Waals surface area contributed by atoms with Gasteiger partial charge in [0, 0.05) is 18.2 Å². The average Bonchev–Trinajstić information content (AvgIpc) is 2.71. The van der Waals surface area contributed by atoms with Gasteiger partial charge in [0.2, 0.25) is 0 Å². The van der Waals surface area contributed by atoms with Crippen molar-refractivity contribution in [3.63, 3.8) is 0 Å². The quantitative estimate of drug-likeness (QED) is 0.779. The Morgan fingerprint density at radius 2 is 1.83 bits per heavy atom. The molecule has 0 aromatic heterocycles. The standard InChI is InChI=1S/C17H27N/c1-7-17(5,6)14-11-18-15-9-8-12(10-13(14)15)16(2,3)4/h8-10,14,18H,7,11H2,1-6H3. The van der Waals surface area contributed by atoms with Crippen LogP contribution in [0.5, 0.6) is 0 Å². The first-order valence-corrected chi connectivity index (χ1v) is 7.14. The highest BCUT2D eigenvalue weighted by Gasteiger charge is 2.34. The summed E-state index contributed by atoms with van der Waals surface area (Å²) in [6.07, 6.45) is 1.22. The number of rotatable bonds is 2. The largest absolute Gasteiger partial charge is 0.384 e. The van der Waals surface area contributed by atoms with Gasteiger partial charge in [0.1, 0.15) is 0 Å². The van der Waals surface area contributed by atoms with Crippen molar-refractivity contribution in [2.24, 2.45) is 5.41 Å². The lowest BCUT2D eigenvalue weighted by Crippen LogP contribution is -2.23. The summed E-state index contributed by atoms with van der Waals surface area (Å²) in [5, 5.41) is 3.57. The summed E-state index contributed by atoms with van der Waals surface area (Å²) in [6.45, 7) is 15.0. The highest BCUT2D eigenvalue weighted by atomic mass is 14.9. The number of anilines is 1. The minimum Gasteiger partial charge on any atom is -0.384 e. The van der Waals surface area contributed by atoms with E-state index >= 15 is 0 Å². The smallest absolute Gasteiger partial charge is 0.0376 e. The van der Waals surface area contributed by atoms with Crippen LogP contribution in [0, 0.1) is 5.41 Å². The molecule has 0 radical (unpaired) electrons. The van der Waals surface area contributed by atoms with Crippen molar-refractivity contribution in [1.82, 2.24) is 0 Å². The Labute approximate surface area is 112 Å². The normalized spacial score (nSPS) is 19.6. The van der Waals surface area contributed by atoms with Gasteiger partial charge in [-0.3, -0.25) is 0 Å². The molecule has 18 heavy (non-hydrogen) atoms. The van der Waals surface area contributed by atoms with Crippen LogP contribution in [-0.2, 0) is 5.41 Å². The van der Waals surface area contributed by atoms with Crippen LogP contribution >= 0.6 is 0 Å². The zero-order valence-corrected chi connectivity index (χ0v) is 12.7. The summed E-state index contributed by atoms with van der Waals surface area (Å²) >= 11 is 0. The Hall–Kier alpha value is -0.980. The molecule has 1 N–H and O–H groups in total. The summed E-state index contributed by atoms with van der Waals surface area (Å²) in [5.41, 5.74) is 4.92. The summed E-state index contributed by atoms with van der Waals surface area (Å²) < 4.78 is 0. The van der Waals surface area contributed by atoms with Gasteiger partial charge in [-0.05, 0) is 28.0 Å². The van der Waals surface area contributed by atoms with E-state index in [0.717, 1.165) is 6.54 Å². The second kappa shape index (κ2) is 4.29. The molecular formula is C17H27N. The molecule has 1 unspecified atom stereocenters. The van der Waals surface area contributed by atoms with E-state index in [1.807, 2.05) is 0 Å². The highest BCUT2D eigenvalue weighted by molar-refractivity contribution is 5.60. The zero-order valence-electron chi connectivity index (χ0n) is 12.7. The predicted molar refractivity (Wildman–Crippen MR) is 80.4 cm³/mol. The number of nitrogens with one attached hydrogen (secondary N) is 1. The maximum Gasteiger partial charge on any atom is 0.0376 e. The van der Waals surface area contributed by atoms with Crippen LogP contribution in [0.1, 0.15) is 65.0 Å². The second-order valence-corrected chi connectivity index (χ2v) is 7.33. The van der Waals surface area contributed by atoms with E-state index in [4.69, 9.17) is 0 Å². The van der Waals surface area contributed by atoms with Gasteiger partial charge in [0.25, 0.3) is 0 Å². The molecule has 1 heteroatoms. The van der Waals surface area contributed by atoms with Crippen molar-refractivity contribution >= 4 is 5.69 Å². The number of benzene rings is 1. The maximum absolute atomic E-state index is 3.57. The van der Waals surface area contributed by atoms with Crippen LogP contribution in [0.3, 0.4) is 0 Å². The molecule has 0 aliphatic carbocycles. The molecule has 0 saturated heterocycles. The van der Waals surface area contributed by atoms with Gasteiger partial charge in [-0.15, -0.1) is 0 Å². The SMILES string of the molecule is CCC(C)(C)C1CNc2ccc(C(C)(C)C)cc21. The lowest BCUT2D eigenvalue weighted by Gasteiger charge is -2.31. The van der Waals surface area contributed by atoms with E-state index in [9.17, 15) is 0 Å². The molecule has 1 nitrogen and oxygen atoms in total. The van der Waals surface area contributed by atoms with E-state index in [0.29, 0.717) is 11.3 Å². The monoisotopic (exact) mass is 245 g/mol. The molecule has 1 aromatic rings. The van der Waals surface area contributed by atoms with Crippen molar-refractivity contribution in [2.75, 3.05) is 11.9 Å². The van der Waals surface area contributed by atoms with E-state index in [-0.39, 0.29) is 5.41 Å². The van der Waals surface area contributed by atoms with Crippen molar-refractivity contribution in [3.8, 4) is 0 Å². The number of fused-ring (bicyclic) bond motifs is 1. The van der Waals surface area contributed by atoms with Crippen LogP contribution in [0.4, 0.5) is 5.69 Å². The molecule has 1 heterocycles. The maximum atomic E-state index is 3.57. The van der Waals surface area contributed by atoms with Crippen molar-refractivity contribution < 1.29 is 0 Å². The Kier molecular flexibility index (Phi) is 3.21. The van der Waals surface area contributed by atoms with Gasteiger partial charge in [-0.1, -0.05) is 60.1 Å². The van der Waals surface area contributed by atoms with Crippen molar-refractivity contribution in [3.05, 3.63) is 29.3 Å². The Morgan fingerprint density at radius 1 is 1.17 bits per heavy atom. The Morgan fingerprint density at radius 3 is 2.39 bits per heavy atom. The molecule has 0 spiro atoms. The summed E-state index contributed by atoms with van der Waals surface area (Å²) in [7, 11) is 0. The molecule has 0 bridgehead atoms. The molecule has 0 fully saturated rings. The Bertz CT molecular complexity index is 437. The number of hydrogen-bond donors (Lipinski definition) is 1. The topological polar surface area (TPSA) is 12.0 Å². The third kappa shape index (κ3) is 2.28. The van der Waals surface area contributed by atoms with Gasteiger partial charge >= 0.3 is 0 Å². The third-order valence-electron chi connectivity index (χ3n) is 4.64. The third-order valence-corrected chi connectivity index (χ3v) is 4.64. The molecule has 2 rings (SSSR count). The van der Waals surface area contributed by atoms with Crippen LogP contribution < -0.4 is 5.32 Å². The lowest BCUT2D eigenvalue weighted by atomic mass is 9.73. The molecule has 0 saturated carbocycles. The molecule has 100 valence electrons. The van der Waals surface area contributed by atoms with Gasteiger partial charge < -0.3 is 5.32 Å². The predicted octanol–water partition coefficient (Wildman–Crippen LogP) is 4.93. The van der Waals surface area contributed by atoms with Gasteiger partial charge in [0.05, 0.1) is 0 Å². The van der Waals surface area contributed by atoms with E-state index < -0.39 is 0 Å². The second-order valence-electron chi connectivity index (χ2n) is 7.33. The minimum atomic E-state index is 0.235. The fraction of sp³-hybridized carbons (Fsp3) is 0.647. The fourth-order valence-corrected chi connectivity index (χ4v) is 2.74. The zero-order chi connectivity index (χ0) is 13.6. The van der Waals surface area contributed by atoms with E-state index in [1.165, 1.54) is 23.2 Å². The highest BCUT2D eigenvalue weighted by Crippen LogP contribution is 2.45. The molecular weight excluding hydrogens is 218 g/mol. The summed E-state index contributed by atoms with van der Waals surface area (Å²) in [6, 6.07) is 6.96. The van der Waals surface area contributed by atoms with E-state index in [2.05, 4.69) is 65.1 Å². The first-order chi connectivity index (χ1) is 8.25. The first-order valence-electron chi connectivity index (χ1n) is 7.14. The van der Waals surface area contributed by atoms with Crippen molar-refractivity contribution in [1.29, 1.82) is 0 Å². The average molecular weight is 245 g/mol. The summed E-state index contributed by atoms with van der Waals surface area (Å²) in [4.78, 5) is 0. The van der Waals surface area contributed by atoms with Crippen molar-refractivity contribution in [2.45, 2.75) is 59.3 Å². The van der Waals surface area contributed by atoms with Crippen LogP contribution in [0.25, 0.3) is 0 Å². The van der Waals surface area contributed by atoms with Gasteiger partial charge in [-0.2, -0.15) is 0 Å². The van der Waals surface area contributed by atoms with Gasteiger partial charge in [-0.25, -0.2) is 0 Å². The summed E-state index contributed by atoms with van der Waals surface area (Å²) in [5.74, 6) is 0.639. The number of hydrogen-bond acceptors (Lipinski definition) is 1. The minimum absolute atomic E-state index is 0.235. The molecule has 1 aliphatic heterocycles. The molecule has 0 amide bonds. The fourth-order valence-electron chi connectivity index (χ4n) is 2.74. The van der Waals surface area contributed by atoms with Gasteiger partial charge in [0.15, 0.2) is 0 Å². The Balaban J connectivity index is 2.43. The van der Waals surface area contributed by atoms with Crippen LogP contribution in [-0.4, -0.2) is 6.54 Å².